The normalized spacial score (nSPS) is 11.8. The van der Waals surface area contributed by atoms with Gasteiger partial charge in [0.15, 0.2) is 0 Å². The van der Waals surface area contributed by atoms with Gasteiger partial charge in [0.05, 0.1) is 4.90 Å². The van der Waals surface area contributed by atoms with Gasteiger partial charge in [0, 0.05) is 29.7 Å². The number of thiazole rings is 1. The fraction of sp³-hybridized carbons (Fsp3) is 0.238. The second kappa shape index (κ2) is 8.44. The quantitative estimate of drug-likeness (QED) is 0.630. The summed E-state index contributed by atoms with van der Waals surface area (Å²) in [5.41, 5.74) is 2.95. The molecule has 1 aromatic heterocycles. The molecule has 0 fully saturated rings. The second-order valence-corrected chi connectivity index (χ2v) is 9.85. The number of nitrogens with one attached hydrogen (secondary N) is 1. The van der Waals surface area contributed by atoms with Crippen LogP contribution in [0, 0.1) is 6.92 Å². The van der Waals surface area contributed by atoms with E-state index in [1.54, 1.807) is 24.6 Å². The molecule has 3 aromatic rings. The van der Waals surface area contributed by atoms with Gasteiger partial charge < -0.3 is 5.32 Å². The van der Waals surface area contributed by atoms with E-state index >= 15 is 0 Å². The molecule has 2 aromatic carbocycles. The van der Waals surface area contributed by atoms with Crippen LogP contribution < -0.4 is 5.32 Å². The number of anilines is 1. The Kier molecular flexibility index (Phi) is 6.16. The number of sulfonamides is 1. The Hall–Kier alpha value is -2.55. The molecule has 0 atom stereocenters. The monoisotopic (exact) mass is 429 g/mol. The summed E-state index contributed by atoms with van der Waals surface area (Å²) in [4.78, 5) is 17.1. The minimum Gasteiger partial charge on any atom is -0.321 e. The Labute approximate surface area is 175 Å². The molecule has 3 rings (SSSR count). The van der Waals surface area contributed by atoms with Crippen molar-refractivity contribution in [1.29, 1.82) is 0 Å². The molecule has 0 radical (unpaired) electrons. The number of rotatable bonds is 6. The van der Waals surface area contributed by atoms with Crippen molar-refractivity contribution in [2.75, 3.05) is 12.4 Å². The number of amides is 1. The predicted octanol–water partition coefficient (Wildman–Crippen LogP) is 4.40. The molecule has 29 heavy (non-hydrogen) atoms. The highest BCUT2D eigenvalue weighted by Gasteiger charge is 2.23. The summed E-state index contributed by atoms with van der Waals surface area (Å²) in [7, 11) is -2.01. The fourth-order valence-electron chi connectivity index (χ4n) is 2.56. The number of aromatic nitrogens is 1. The summed E-state index contributed by atoms with van der Waals surface area (Å²) in [6.45, 7) is 5.64. The first-order chi connectivity index (χ1) is 13.7. The molecule has 1 heterocycles. The van der Waals surface area contributed by atoms with Gasteiger partial charge in [-0.1, -0.05) is 29.8 Å². The molecule has 1 amide bonds. The topological polar surface area (TPSA) is 79.4 Å². The van der Waals surface area contributed by atoms with E-state index in [-0.39, 0.29) is 16.8 Å². The van der Waals surface area contributed by atoms with Crippen LogP contribution in [0.4, 0.5) is 5.69 Å². The van der Waals surface area contributed by atoms with Crippen LogP contribution in [0.1, 0.15) is 29.9 Å². The van der Waals surface area contributed by atoms with E-state index < -0.39 is 10.0 Å². The maximum absolute atomic E-state index is 12.5. The summed E-state index contributed by atoms with van der Waals surface area (Å²) < 4.78 is 26.3. The number of benzene rings is 2. The molecule has 0 saturated carbocycles. The lowest BCUT2D eigenvalue weighted by Gasteiger charge is -2.21. The van der Waals surface area contributed by atoms with Crippen molar-refractivity contribution in [2.24, 2.45) is 0 Å². The number of hydrogen-bond donors (Lipinski definition) is 1. The van der Waals surface area contributed by atoms with Gasteiger partial charge in [0.2, 0.25) is 10.0 Å². The Morgan fingerprint density at radius 3 is 2.28 bits per heavy atom. The molecule has 0 aliphatic heterocycles. The zero-order valence-electron chi connectivity index (χ0n) is 16.7. The molecule has 6 nitrogen and oxygen atoms in total. The van der Waals surface area contributed by atoms with Gasteiger partial charge in [-0.2, -0.15) is 4.31 Å². The Morgan fingerprint density at radius 2 is 1.69 bits per heavy atom. The second-order valence-electron chi connectivity index (χ2n) is 7.00. The van der Waals surface area contributed by atoms with E-state index in [0.29, 0.717) is 11.4 Å². The van der Waals surface area contributed by atoms with E-state index in [4.69, 9.17) is 0 Å². The van der Waals surface area contributed by atoms with Crippen molar-refractivity contribution in [2.45, 2.75) is 31.7 Å². The van der Waals surface area contributed by atoms with Gasteiger partial charge >= 0.3 is 0 Å². The fourth-order valence-corrected chi connectivity index (χ4v) is 4.73. The van der Waals surface area contributed by atoms with Gasteiger partial charge in [-0.15, -0.1) is 11.3 Å². The SMILES string of the molecule is Cc1ccc(-c2nc(C(=O)Nc3ccc(S(=O)(=O)N(C)C(C)C)cc3)cs2)cc1. The average molecular weight is 430 g/mol. The zero-order chi connectivity index (χ0) is 21.2. The van der Waals surface area contributed by atoms with Gasteiger partial charge in [-0.25, -0.2) is 13.4 Å². The van der Waals surface area contributed by atoms with Crippen molar-refractivity contribution in [3.05, 3.63) is 65.2 Å². The van der Waals surface area contributed by atoms with Crippen molar-refractivity contribution in [3.8, 4) is 10.6 Å². The number of nitrogens with zero attached hydrogens (tertiary/aromatic N) is 2. The summed E-state index contributed by atoms with van der Waals surface area (Å²) in [6, 6.07) is 13.9. The van der Waals surface area contributed by atoms with Crippen molar-refractivity contribution >= 4 is 33.0 Å². The Bertz CT molecular complexity index is 1100. The van der Waals surface area contributed by atoms with Crippen molar-refractivity contribution in [1.82, 2.24) is 9.29 Å². The lowest BCUT2D eigenvalue weighted by Crippen LogP contribution is -2.33. The lowest BCUT2D eigenvalue weighted by atomic mass is 10.2. The number of carbonyl (C=O) groups is 1. The van der Waals surface area contributed by atoms with Crippen LogP contribution in [0.25, 0.3) is 10.6 Å². The third kappa shape index (κ3) is 4.72. The summed E-state index contributed by atoms with van der Waals surface area (Å²) in [5.74, 6) is -0.338. The molecule has 1 N–H and O–H groups in total. The highest BCUT2D eigenvalue weighted by atomic mass is 32.2. The summed E-state index contributed by atoms with van der Waals surface area (Å²) >= 11 is 1.40. The molecule has 0 aliphatic rings. The van der Waals surface area contributed by atoms with Gasteiger partial charge in [-0.3, -0.25) is 4.79 Å². The maximum Gasteiger partial charge on any atom is 0.275 e. The lowest BCUT2D eigenvalue weighted by molar-refractivity contribution is 0.102. The van der Waals surface area contributed by atoms with E-state index in [1.807, 2.05) is 45.0 Å². The zero-order valence-corrected chi connectivity index (χ0v) is 18.3. The largest absolute Gasteiger partial charge is 0.321 e. The first kappa shape index (κ1) is 21.2. The third-order valence-corrected chi connectivity index (χ3v) is 7.49. The molecule has 0 unspecified atom stereocenters. The molecule has 0 saturated heterocycles. The molecule has 0 bridgehead atoms. The van der Waals surface area contributed by atoms with Crippen molar-refractivity contribution < 1.29 is 13.2 Å². The first-order valence-corrected chi connectivity index (χ1v) is 11.4. The minimum absolute atomic E-state index is 0.147. The average Bonchev–Trinajstić information content (AvgIpc) is 3.18. The van der Waals surface area contributed by atoms with Crippen LogP contribution in [0.2, 0.25) is 0 Å². The Balaban J connectivity index is 1.72. The van der Waals surface area contributed by atoms with Crippen LogP contribution in [0.5, 0.6) is 0 Å². The van der Waals surface area contributed by atoms with Crippen LogP contribution in [0.15, 0.2) is 58.8 Å². The molecule has 8 heteroatoms. The van der Waals surface area contributed by atoms with E-state index in [2.05, 4.69) is 10.3 Å². The molecule has 152 valence electrons. The summed E-state index contributed by atoms with van der Waals surface area (Å²) in [6.07, 6.45) is 0. The van der Waals surface area contributed by atoms with Gasteiger partial charge in [0.1, 0.15) is 10.7 Å². The highest BCUT2D eigenvalue weighted by molar-refractivity contribution is 7.89. The first-order valence-electron chi connectivity index (χ1n) is 9.10. The van der Waals surface area contributed by atoms with Crippen LogP contribution in [0.3, 0.4) is 0 Å². The van der Waals surface area contributed by atoms with Gasteiger partial charge in [-0.05, 0) is 45.0 Å². The maximum atomic E-state index is 12.5. The van der Waals surface area contributed by atoms with Gasteiger partial charge in [0.25, 0.3) is 5.91 Å². The molecule has 0 spiro atoms. The van der Waals surface area contributed by atoms with E-state index in [9.17, 15) is 13.2 Å². The van der Waals surface area contributed by atoms with E-state index in [0.717, 1.165) is 16.1 Å². The van der Waals surface area contributed by atoms with Crippen LogP contribution >= 0.6 is 11.3 Å². The number of aryl methyl sites for hydroxylation is 1. The Morgan fingerprint density at radius 1 is 1.07 bits per heavy atom. The third-order valence-electron chi connectivity index (χ3n) is 4.55. The minimum atomic E-state index is -3.56. The smallest absolute Gasteiger partial charge is 0.275 e. The summed E-state index contributed by atoms with van der Waals surface area (Å²) in [5, 5.41) is 5.24. The van der Waals surface area contributed by atoms with Crippen molar-refractivity contribution in [3.63, 3.8) is 0 Å². The van der Waals surface area contributed by atoms with Crippen LogP contribution in [-0.4, -0.2) is 36.7 Å². The number of carbonyl (C=O) groups excluding carboxylic acids is 1. The van der Waals surface area contributed by atoms with Crippen LogP contribution in [-0.2, 0) is 10.0 Å². The van der Waals surface area contributed by atoms with E-state index in [1.165, 1.54) is 27.8 Å². The predicted molar refractivity (Wildman–Crippen MR) is 117 cm³/mol. The number of hydrogen-bond acceptors (Lipinski definition) is 5. The highest BCUT2D eigenvalue weighted by Crippen LogP contribution is 2.25. The molecular formula is C21H23N3O3S2. The molecule has 0 aliphatic carbocycles. The standard InChI is InChI=1S/C21H23N3O3S2/c1-14(2)24(4)29(26,27)18-11-9-17(10-12-18)22-20(25)19-13-28-21(23-19)16-7-5-15(3)6-8-16/h5-14H,1-4H3,(H,22,25). The molecular weight excluding hydrogens is 406 g/mol.